The fourth-order valence-electron chi connectivity index (χ4n) is 8.36. The van der Waals surface area contributed by atoms with Crippen LogP contribution < -0.4 is 0 Å². The van der Waals surface area contributed by atoms with Crippen molar-refractivity contribution in [3.63, 3.8) is 0 Å². The number of para-hydroxylation sites is 2. The summed E-state index contributed by atoms with van der Waals surface area (Å²) in [5, 5.41) is 12.7. The first-order valence-corrected chi connectivity index (χ1v) is 17.3. The molecule has 0 N–H and O–H groups in total. The summed E-state index contributed by atoms with van der Waals surface area (Å²) in [5.41, 5.74) is 9.67. The van der Waals surface area contributed by atoms with Gasteiger partial charge < -0.3 is 9.13 Å². The molecule has 232 valence electrons. The van der Waals surface area contributed by atoms with E-state index < -0.39 is 0 Å². The second-order valence-electron chi connectivity index (χ2n) is 13.4. The van der Waals surface area contributed by atoms with Crippen LogP contribution in [0.25, 0.3) is 98.4 Å². The molecule has 0 atom stereocenters. The largest absolute Gasteiger partial charge is 0.309 e. The Kier molecular flexibility index (Phi) is 5.70. The van der Waals surface area contributed by atoms with Crippen molar-refractivity contribution in [1.82, 2.24) is 9.13 Å². The van der Waals surface area contributed by atoms with Gasteiger partial charge in [0.15, 0.2) is 0 Å². The molecule has 2 aromatic heterocycles. The third kappa shape index (κ3) is 3.90. The highest BCUT2D eigenvalue weighted by Crippen LogP contribution is 2.42. The van der Waals surface area contributed by atoms with Gasteiger partial charge in [-0.2, -0.15) is 0 Å². The minimum atomic E-state index is 1.17. The molecule has 2 heterocycles. The normalized spacial score (nSPS) is 12.0. The molecule has 9 aromatic carbocycles. The average molecular weight is 635 g/mol. The number of fused-ring (bicyclic) bond motifs is 11. The van der Waals surface area contributed by atoms with Crippen molar-refractivity contribution >= 4 is 75.9 Å². The molecule has 0 unspecified atom stereocenters. The lowest BCUT2D eigenvalue weighted by Gasteiger charge is -2.12. The summed E-state index contributed by atoms with van der Waals surface area (Å²) in [6, 6.07) is 66.8. The molecule has 0 aliphatic carbocycles. The number of aromatic nitrogens is 2. The van der Waals surface area contributed by atoms with Gasteiger partial charge in [0.2, 0.25) is 0 Å². The molecule has 0 spiro atoms. The van der Waals surface area contributed by atoms with E-state index >= 15 is 0 Å². The van der Waals surface area contributed by atoms with Crippen molar-refractivity contribution in [2.24, 2.45) is 0 Å². The number of nitrogens with zero attached hydrogens (tertiary/aromatic N) is 2. The summed E-state index contributed by atoms with van der Waals surface area (Å²) in [6.07, 6.45) is 0. The Labute approximate surface area is 288 Å². The second-order valence-corrected chi connectivity index (χ2v) is 13.4. The van der Waals surface area contributed by atoms with Crippen molar-refractivity contribution < 1.29 is 0 Å². The highest BCUT2D eigenvalue weighted by molar-refractivity contribution is 6.25. The molecule has 0 bridgehead atoms. The number of benzene rings is 9. The van der Waals surface area contributed by atoms with Crippen LogP contribution in [0.1, 0.15) is 0 Å². The quantitative estimate of drug-likeness (QED) is 0.171. The molecule has 0 aliphatic heterocycles. The van der Waals surface area contributed by atoms with Crippen molar-refractivity contribution in [2.75, 3.05) is 0 Å². The van der Waals surface area contributed by atoms with Crippen LogP contribution in [0.15, 0.2) is 182 Å². The Balaban J connectivity index is 1.20. The summed E-state index contributed by atoms with van der Waals surface area (Å²) in [7, 11) is 0. The predicted octanol–water partition coefficient (Wildman–Crippen LogP) is 13.0. The summed E-state index contributed by atoms with van der Waals surface area (Å²) in [5.74, 6) is 0. The van der Waals surface area contributed by atoms with E-state index in [0.29, 0.717) is 0 Å². The zero-order chi connectivity index (χ0) is 32.8. The van der Waals surface area contributed by atoms with Gasteiger partial charge in [0.05, 0.1) is 22.1 Å². The first-order chi connectivity index (χ1) is 24.8. The van der Waals surface area contributed by atoms with E-state index in [9.17, 15) is 0 Å². The third-order valence-electron chi connectivity index (χ3n) is 10.6. The summed E-state index contributed by atoms with van der Waals surface area (Å²) < 4.78 is 4.87. The Bertz CT molecular complexity index is 3130. The number of hydrogen-bond acceptors (Lipinski definition) is 0. The monoisotopic (exact) mass is 634 g/mol. The van der Waals surface area contributed by atoms with Crippen LogP contribution in [-0.2, 0) is 0 Å². The topological polar surface area (TPSA) is 9.86 Å². The third-order valence-corrected chi connectivity index (χ3v) is 10.6. The van der Waals surface area contributed by atoms with Gasteiger partial charge in [0, 0.05) is 38.3 Å². The summed E-state index contributed by atoms with van der Waals surface area (Å²) in [6.45, 7) is 0. The van der Waals surface area contributed by atoms with Crippen molar-refractivity contribution in [3.05, 3.63) is 182 Å². The molecule has 0 amide bonds. The maximum absolute atomic E-state index is 2.46. The lowest BCUT2D eigenvalue weighted by atomic mass is 9.98. The van der Waals surface area contributed by atoms with Crippen molar-refractivity contribution in [2.45, 2.75) is 0 Å². The van der Waals surface area contributed by atoms with Gasteiger partial charge in [-0.1, -0.05) is 121 Å². The molecule has 0 saturated heterocycles. The number of rotatable bonds is 3. The van der Waals surface area contributed by atoms with E-state index in [1.54, 1.807) is 0 Å². The van der Waals surface area contributed by atoms with Crippen LogP contribution in [0.4, 0.5) is 0 Å². The SMILES string of the molecule is c1ccc(-n2c3ccc(-c4ccc5c(c4)c4ccc6ccc7ccccc7c6c4n5-c4ccccc4)cc3c3cc4ccccc4cc32)cc1. The van der Waals surface area contributed by atoms with Gasteiger partial charge in [-0.3, -0.25) is 0 Å². The molecular weight excluding hydrogens is 605 g/mol. The zero-order valence-electron chi connectivity index (χ0n) is 27.2. The predicted molar refractivity (Wildman–Crippen MR) is 213 cm³/mol. The van der Waals surface area contributed by atoms with Gasteiger partial charge >= 0.3 is 0 Å². The first kappa shape index (κ1) is 27.3. The van der Waals surface area contributed by atoms with Crippen LogP contribution in [0, 0.1) is 0 Å². The molecule has 0 saturated carbocycles. The molecular formula is C48H30N2. The van der Waals surface area contributed by atoms with Gasteiger partial charge in [-0.05, 0) is 98.7 Å². The molecule has 0 aliphatic rings. The van der Waals surface area contributed by atoms with Gasteiger partial charge in [0.1, 0.15) is 0 Å². The van der Waals surface area contributed by atoms with Gasteiger partial charge in [-0.15, -0.1) is 0 Å². The lowest BCUT2D eigenvalue weighted by molar-refractivity contribution is 1.18. The van der Waals surface area contributed by atoms with E-state index in [1.165, 1.54) is 98.4 Å². The van der Waals surface area contributed by atoms with Crippen LogP contribution in [0.3, 0.4) is 0 Å². The summed E-state index contributed by atoms with van der Waals surface area (Å²) in [4.78, 5) is 0. The molecule has 50 heavy (non-hydrogen) atoms. The second kappa shape index (κ2) is 10.4. The van der Waals surface area contributed by atoms with Crippen LogP contribution >= 0.6 is 0 Å². The maximum atomic E-state index is 2.46. The molecule has 2 nitrogen and oxygen atoms in total. The zero-order valence-corrected chi connectivity index (χ0v) is 27.2. The average Bonchev–Trinajstić information content (AvgIpc) is 3.69. The van der Waals surface area contributed by atoms with Crippen LogP contribution in [0.5, 0.6) is 0 Å². The van der Waals surface area contributed by atoms with E-state index in [1.807, 2.05) is 0 Å². The smallest absolute Gasteiger partial charge is 0.0625 e. The summed E-state index contributed by atoms with van der Waals surface area (Å²) >= 11 is 0. The Hall–Kier alpha value is -6.64. The van der Waals surface area contributed by atoms with E-state index in [4.69, 9.17) is 0 Å². The Morgan fingerprint density at radius 1 is 0.280 bits per heavy atom. The van der Waals surface area contributed by atoms with Gasteiger partial charge in [-0.25, -0.2) is 0 Å². The Morgan fingerprint density at radius 3 is 1.52 bits per heavy atom. The van der Waals surface area contributed by atoms with E-state index in [-0.39, 0.29) is 0 Å². The number of hydrogen-bond donors (Lipinski definition) is 0. The minimum absolute atomic E-state index is 1.17. The fourth-order valence-corrected chi connectivity index (χ4v) is 8.36. The molecule has 11 aromatic rings. The minimum Gasteiger partial charge on any atom is -0.309 e. The maximum Gasteiger partial charge on any atom is 0.0625 e. The molecule has 0 radical (unpaired) electrons. The molecule has 2 heteroatoms. The van der Waals surface area contributed by atoms with Gasteiger partial charge in [0.25, 0.3) is 0 Å². The Morgan fingerprint density at radius 2 is 0.800 bits per heavy atom. The fraction of sp³-hybridized carbons (Fsp3) is 0. The highest BCUT2D eigenvalue weighted by Gasteiger charge is 2.19. The van der Waals surface area contributed by atoms with E-state index in [0.717, 1.165) is 0 Å². The van der Waals surface area contributed by atoms with Crippen molar-refractivity contribution in [1.29, 1.82) is 0 Å². The molecule has 11 rings (SSSR count). The standard InChI is InChI=1S/C48H30N2/c1-3-14-37(15-4-1)49-44-25-22-36(29-42(44)43-27-33-12-7-8-13-34(33)30-46(43)49)35-23-26-45-41(28-35)40-24-21-32-20-19-31-11-9-10-18-39(31)47(32)48(40)50(45)38-16-5-2-6-17-38/h1-30H. The lowest BCUT2D eigenvalue weighted by Crippen LogP contribution is -1.94. The highest BCUT2D eigenvalue weighted by atomic mass is 15.0. The van der Waals surface area contributed by atoms with Crippen LogP contribution in [-0.4, -0.2) is 9.13 Å². The van der Waals surface area contributed by atoms with Crippen molar-refractivity contribution in [3.8, 4) is 22.5 Å². The first-order valence-electron chi connectivity index (χ1n) is 17.3. The molecule has 0 fully saturated rings. The van der Waals surface area contributed by atoms with Crippen LogP contribution in [0.2, 0.25) is 0 Å². The van der Waals surface area contributed by atoms with E-state index in [2.05, 4.69) is 191 Å².